The second kappa shape index (κ2) is 6.53. The van der Waals surface area contributed by atoms with E-state index in [2.05, 4.69) is 4.72 Å². The summed E-state index contributed by atoms with van der Waals surface area (Å²) in [5.41, 5.74) is 6.24. The molecule has 0 aliphatic carbocycles. The molecule has 0 amide bonds. The van der Waals surface area contributed by atoms with Gasteiger partial charge in [-0.3, -0.25) is 4.79 Å². The number of carboxylic acids is 1. The average molecular weight is 337 g/mol. The molecule has 0 saturated carbocycles. The van der Waals surface area contributed by atoms with Gasteiger partial charge in [0.25, 0.3) is 0 Å². The van der Waals surface area contributed by atoms with Crippen LogP contribution in [0.5, 0.6) is 0 Å². The van der Waals surface area contributed by atoms with Gasteiger partial charge in [0.15, 0.2) is 0 Å². The van der Waals surface area contributed by atoms with E-state index in [0.29, 0.717) is 5.39 Å². The highest BCUT2D eigenvalue weighted by atomic mass is 32.2. The molecule has 124 valence electrons. The van der Waals surface area contributed by atoms with Crippen LogP contribution in [-0.2, 0) is 14.8 Å². The Balaban J connectivity index is 2.47. The van der Waals surface area contributed by atoms with Crippen molar-refractivity contribution in [2.75, 3.05) is 25.5 Å². The number of hydrogen-bond acceptors (Lipinski definition) is 5. The van der Waals surface area contributed by atoms with Crippen molar-refractivity contribution < 1.29 is 18.3 Å². The lowest BCUT2D eigenvalue weighted by Crippen LogP contribution is -2.42. The topological polar surface area (TPSA) is 113 Å². The van der Waals surface area contributed by atoms with Crippen LogP contribution in [0.2, 0.25) is 0 Å². The number of aliphatic carboxylic acids is 1. The number of rotatable bonds is 6. The van der Waals surface area contributed by atoms with Crippen molar-refractivity contribution >= 4 is 32.5 Å². The highest BCUT2D eigenvalue weighted by Crippen LogP contribution is 2.29. The van der Waals surface area contributed by atoms with Crippen LogP contribution in [0.15, 0.2) is 41.3 Å². The quantitative estimate of drug-likeness (QED) is 0.711. The fourth-order valence-corrected chi connectivity index (χ4v) is 3.53. The molecule has 0 bridgehead atoms. The Hall–Kier alpha value is -2.16. The first-order valence-corrected chi connectivity index (χ1v) is 8.39. The molecule has 0 aliphatic heterocycles. The van der Waals surface area contributed by atoms with Crippen LogP contribution in [0, 0.1) is 0 Å². The number of nitrogens with zero attached hydrogens (tertiary/aromatic N) is 1. The van der Waals surface area contributed by atoms with Crippen molar-refractivity contribution in [1.29, 1.82) is 0 Å². The zero-order chi connectivity index (χ0) is 17.2. The third-order valence-corrected chi connectivity index (χ3v) is 4.92. The molecular formula is C15H19N3O4S. The zero-order valence-electron chi connectivity index (χ0n) is 12.9. The summed E-state index contributed by atoms with van der Waals surface area (Å²) in [6, 6.07) is 9.07. The molecule has 23 heavy (non-hydrogen) atoms. The number of anilines is 1. The predicted molar refractivity (Wildman–Crippen MR) is 89.1 cm³/mol. The molecule has 1 atom stereocenters. The van der Waals surface area contributed by atoms with E-state index < -0.39 is 22.0 Å². The van der Waals surface area contributed by atoms with E-state index in [4.69, 9.17) is 10.8 Å². The Morgan fingerprint density at radius 1 is 1.22 bits per heavy atom. The molecule has 4 N–H and O–H groups in total. The first-order valence-electron chi connectivity index (χ1n) is 6.91. The van der Waals surface area contributed by atoms with Crippen molar-refractivity contribution in [3.63, 3.8) is 0 Å². The van der Waals surface area contributed by atoms with Gasteiger partial charge in [-0.05, 0) is 12.1 Å². The smallest absolute Gasteiger partial charge is 0.321 e. The van der Waals surface area contributed by atoms with Crippen LogP contribution < -0.4 is 15.4 Å². The number of carbonyl (C=O) groups is 1. The molecule has 0 aliphatic rings. The molecule has 2 rings (SSSR count). The molecular weight excluding hydrogens is 318 g/mol. The number of carboxylic acid groups (broad SMARTS) is 1. The maximum absolute atomic E-state index is 12.5. The summed E-state index contributed by atoms with van der Waals surface area (Å²) in [4.78, 5) is 12.7. The lowest BCUT2D eigenvalue weighted by molar-refractivity contribution is -0.138. The highest BCUT2D eigenvalue weighted by Gasteiger charge is 2.21. The van der Waals surface area contributed by atoms with Gasteiger partial charge in [0.1, 0.15) is 6.04 Å². The van der Waals surface area contributed by atoms with Crippen molar-refractivity contribution in [1.82, 2.24) is 4.72 Å². The zero-order valence-corrected chi connectivity index (χ0v) is 13.7. The fraction of sp³-hybridized carbons (Fsp3) is 0.267. The van der Waals surface area contributed by atoms with E-state index in [-0.39, 0.29) is 11.4 Å². The van der Waals surface area contributed by atoms with Gasteiger partial charge in [0.2, 0.25) is 10.0 Å². The average Bonchev–Trinajstić information content (AvgIpc) is 2.51. The van der Waals surface area contributed by atoms with Crippen LogP contribution in [0.3, 0.4) is 0 Å². The number of sulfonamides is 1. The molecule has 0 unspecified atom stereocenters. The minimum Gasteiger partial charge on any atom is -0.480 e. The minimum absolute atomic E-state index is 0.0938. The van der Waals surface area contributed by atoms with Crippen molar-refractivity contribution in [3.05, 3.63) is 36.4 Å². The van der Waals surface area contributed by atoms with Crippen molar-refractivity contribution in [2.24, 2.45) is 5.73 Å². The Bertz CT molecular complexity index is 834. The van der Waals surface area contributed by atoms with E-state index in [0.717, 1.165) is 11.1 Å². The van der Waals surface area contributed by atoms with E-state index >= 15 is 0 Å². The number of benzene rings is 2. The van der Waals surface area contributed by atoms with Gasteiger partial charge in [-0.25, -0.2) is 13.1 Å². The molecule has 8 heteroatoms. The highest BCUT2D eigenvalue weighted by molar-refractivity contribution is 7.89. The van der Waals surface area contributed by atoms with Gasteiger partial charge < -0.3 is 15.7 Å². The van der Waals surface area contributed by atoms with Crippen molar-refractivity contribution in [3.8, 4) is 0 Å². The second-order valence-corrected chi connectivity index (χ2v) is 7.05. The Labute approximate surface area is 134 Å². The molecule has 2 aromatic rings. The normalized spacial score (nSPS) is 13.0. The van der Waals surface area contributed by atoms with Gasteiger partial charge in [0, 0.05) is 37.1 Å². The molecule has 0 saturated heterocycles. The van der Waals surface area contributed by atoms with E-state index in [1.807, 2.05) is 31.1 Å². The summed E-state index contributed by atoms with van der Waals surface area (Å²) in [5.74, 6) is -1.26. The number of hydrogen-bond donors (Lipinski definition) is 3. The monoisotopic (exact) mass is 337 g/mol. The molecule has 7 nitrogen and oxygen atoms in total. The van der Waals surface area contributed by atoms with E-state index in [1.54, 1.807) is 18.2 Å². The maximum atomic E-state index is 12.5. The molecule has 0 spiro atoms. The predicted octanol–water partition coefficient (Wildman–Crippen LogP) is 0.596. The summed E-state index contributed by atoms with van der Waals surface area (Å²) in [7, 11) is -0.120. The SMILES string of the molecule is CN(C)c1cccc2c(S(=O)(=O)NC[C@H](N)C(=O)O)cccc12. The summed E-state index contributed by atoms with van der Waals surface area (Å²) in [6.07, 6.45) is 0. The van der Waals surface area contributed by atoms with Crippen LogP contribution >= 0.6 is 0 Å². The van der Waals surface area contributed by atoms with Crippen LogP contribution in [-0.4, -0.2) is 46.2 Å². The molecule has 0 aromatic heterocycles. The van der Waals surface area contributed by atoms with Crippen LogP contribution in [0.1, 0.15) is 0 Å². The molecule has 0 fully saturated rings. The first kappa shape index (κ1) is 17.2. The Morgan fingerprint density at radius 3 is 2.43 bits per heavy atom. The third kappa shape index (κ3) is 3.61. The maximum Gasteiger partial charge on any atom is 0.321 e. The first-order chi connectivity index (χ1) is 10.7. The van der Waals surface area contributed by atoms with Crippen molar-refractivity contribution in [2.45, 2.75) is 10.9 Å². The number of nitrogens with two attached hydrogens (primary N) is 1. The lowest BCUT2D eigenvalue weighted by atomic mass is 10.1. The third-order valence-electron chi connectivity index (χ3n) is 3.44. The van der Waals surface area contributed by atoms with Gasteiger partial charge in [-0.1, -0.05) is 24.3 Å². The largest absolute Gasteiger partial charge is 0.480 e. The second-order valence-electron chi connectivity index (χ2n) is 5.32. The number of nitrogens with one attached hydrogen (secondary N) is 1. The van der Waals surface area contributed by atoms with Gasteiger partial charge in [0.05, 0.1) is 4.90 Å². The van der Waals surface area contributed by atoms with Gasteiger partial charge in [-0.2, -0.15) is 0 Å². The van der Waals surface area contributed by atoms with Gasteiger partial charge in [-0.15, -0.1) is 0 Å². The summed E-state index contributed by atoms with van der Waals surface area (Å²) < 4.78 is 27.2. The fourth-order valence-electron chi connectivity index (χ4n) is 2.25. The molecule has 0 heterocycles. The van der Waals surface area contributed by atoms with Crippen LogP contribution in [0.4, 0.5) is 5.69 Å². The molecule has 2 aromatic carbocycles. The summed E-state index contributed by atoms with van der Waals surface area (Å²) in [5, 5.41) is 10.1. The van der Waals surface area contributed by atoms with E-state index in [9.17, 15) is 13.2 Å². The summed E-state index contributed by atoms with van der Waals surface area (Å²) in [6.45, 7) is -0.374. The number of fused-ring (bicyclic) bond motifs is 1. The van der Waals surface area contributed by atoms with E-state index in [1.165, 1.54) is 6.07 Å². The minimum atomic E-state index is -3.87. The standard InChI is InChI=1S/C15H19N3O4S/c1-18(2)13-7-3-6-11-10(13)5-4-8-14(11)23(21,22)17-9-12(16)15(19)20/h3-8,12,17H,9,16H2,1-2H3,(H,19,20)/t12-/m0/s1. The lowest BCUT2D eigenvalue weighted by Gasteiger charge is -2.17. The Kier molecular flexibility index (Phi) is 4.88. The van der Waals surface area contributed by atoms with Crippen LogP contribution in [0.25, 0.3) is 10.8 Å². The molecule has 0 radical (unpaired) electrons. The van der Waals surface area contributed by atoms with Gasteiger partial charge >= 0.3 is 5.97 Å². The summed E-state index contributed by atoms with van der Waals surface area (Å²) >= 11 is 0. The Morgan fingerprint density at radius 2 is 1.83 bits per heavy atom.